The lowest BCUT2D eigenvalue weighted by molar-refractivity contribution is -0.116. The highest BCUT2D eigenvalue weighted by Crippen LogP contribution is 2.29. The van der Waals surface area contributed by atoms with Crippen LogP contribution in [0.25, 0.3) is 0 Å². The minimum absolute atomic E-state index is 0.133. The summed E-state index contributed by atoms with van der Waals surface area (Å²) in [5.41, 5.74) is 1.48. The van der Waals surface area contributed by atoms with E-state index >= 15 is 0 Å². The Kier molecular flexibility index (Phi) is 8.87. The van der Waals surface area contributed by atoms with Gasteiger partial charge in [0.25, 0.3) is 0 Å². The number of hydrogen-bond acceptors (Lipinski definition) is 7. The van der Waals surface area contributed by atoms with Crippen LogP contribution in [-0.2, 0) is 20.7 Å². The Bertz CT molecular complexity index is 905. The maximum atomic E-state index is 12.5. The molecule has 0 spiro atoms. The molecule has 1 N–H and O–H groups in total. The highest BCUT2D eigenvalue weighted by Gasteiger charge is 2.15. The number of carbonyl (C=O) groups is 3. The zero-order valence-corrected chi connectivity index (χ0v) is 18.2. The average molecular weight is 429 g/mol. The molecule has 0 fully saturated rings. The van der Waals surface area contributed by atoms with Crippen molar-refractivity contribution in [3.63, 3.8) is 0 Å². The lowest BCUT2D eigenvalue weighted by Gasteiger charge is -2.13. The molecule has 0 aliphatic rings. The van der Waals surface area contributed by atoms with Crippen LogP contribution in [0.15, 0.2) is 36.4 Å². The van der Waals surface area contributed by atoms with E-state index in [9.17, 15) is 14.4 Å². The van der Waals surface area contributed by atoms with Crippen molar-refractivity contribution in [2.24, 2.45) is 0 Å². The van der Waals surface area contributed by atoms with Gasteiger partial charge in [0.1, 0.15) is 0 Å². The molecular formula is C23H27NO7. The number of benzene rings is 2. The molecule has 0 saturated carbocycles. The van der Waals surface area contributed by atoms with Gasteiger partial charge in [-0.25, -0.2) is 9.59 Å². The average Bonchev–Trinajstić information content (AvgIpc) is 2.78. The fraction of sp³-hybridized carbons (Fsp3) is 0.348. The number of aryl methyl sites for hydroxylation is 1. The van der Waals surface area contributed by atoms with Crippen molar-refractivity contribution >= 4 is 23.5 Å². The van der Waals surface area contributed by atoms with Gasteiger partial charge < -0.3 is 24.3 Å². The van der Waals surface area contributed by atoms with Crippen LogP contribution in [0.4, 0.5) is 5.69 Å². The van der Waals surface area contributed by atoms with Crippen molar-refractivity contribution in [2.45, 2.75) is 26.7 Å². The molecule has 2 aromatic rings. The maximum absolute atomic E-state index is 12.5. The van der Waals surface area contributed by atoms with E-state index in [1.807, 2.05) is 32.0 Å². The van der Waals surface area contributed by atoms with E-state index in [1.165, 1.54) is 32.4 Å². The first-order valence-electron chi connectivity index (χ1n) is 9.91. The van der Waals surface area contributed by atoms with Crippen LogP contribution >= 0.6 is 0 Å². The van der Waals surface area contributed by atoms with Gasteiger partial charge >= 0.3 is 11.9 Å². The van der Waals surface area contributed by atoms with Crippen molar-refractivity contribution in [1.82, 2.24) is 0 Å². The van der Waals surface area contributed by atoms with Crippen LogP contribution in [0.2, 0.25) is 0 Å². The summed E-state index contributed by atoms with van der Waals surface area (Å²) in [7, 11) is 2.47. The molecule has 0 atom stereocenters. The van der Waals surface area contributed by atoms with Crippen LogP contribution < -0.4 is 14.8 Å². The molecular weight excluding hydrogens is 402 g/mol. The number of esters is 2. The zero-order valence-electron chi connectivity index (χ0n) is 18.2. The summed E-state index contributed by atoms with van der Waals surface area (Å²) in [6, 6.07) is 9.80. The summed E-state index contributed by atoms with van der Waals surface area (Å²) >= 11 is 0. The molecule has 166 valence electrons. The Hall–Kier alpha value is -3.55. The first-order chi connectivity index (χ1) is 14.9. The van der Waals surface area contributed by atoms with Gasteiger partial charge in [0.05, 0.1) is 38.6 Å². The number of amides is 1. The number of ether oxygens (including phenoxy) is 4. The van der Waals surface area contributed by atoms with Gasteiger partial charge in [0.2, 0.25) is 5.91 Å². The topological polar surface area (TPSA) is 100 Å². The molecule has 1 amide bonds. The predicted octanol–water partition coefficient (Wildman–Crippen LogP) is 3.63. The molecule has 8 heteroatoms. The minimum Gasteiger partial charge on any atom is -0.490 e. The van der Waals surface area contributed by atoms with E-state index in [0.717, 1.165) is 5.56 Å². The maximum Gasteiger partial charge on any atom is 0.337 e. The zero-order chi connectivity index (χ0) is 22.8. The van der Waals surface area contributed by atoms with Gasteiger partial charge in [-0.1, -0.05) is 6.07 Å². The highest BCUT2D eigenvalue weighted by molar-refractivity contribution is 5.99. The minimum atomic E-state index is -0.626. The van der Waals surface area contributed by atoms with Gasteiger partial charge in [0, 0.05) is 12.1 Å². The Labute approximate surface area is 181 Å². The van der Waals surface area contributed by atoms with E-state index < -0.39 is 11.9 Å². The summed E-state index contributed by atoms with van der Waals surface area (Å²) < 4.78 is 20.6. The second kappa shape index (κ2) is 11.6. The van der Waals surface area contributed by atoms with Crippen molar-refractivity contribution in [1.29, 1.82) is 0 Å². The van der Waals surface area contributed by atoms with E-state index in [2.05, 4.69) is 5.32 Å². The van der Waals surface area contributed by atoms with Crippen molar-refractivity contribution in [2.75, 3.05) is 32.8 Å². The lowest BCUT2D eigenvalue weighted by Crippen LogP contribution is -2.14. The van der Waals surface area contributed by atoms with Gasteiger partial charge in [-0.05, 0) is 56.2 Å². The van der Waals surface area contributed by atoms with E-state index in [1.54, 1.807) is 0 Å². The summed E-state index contributed by atoms with van der Waals surface area (Å²) in [6.45, 7) is 4.82. The SMILES string of the molecule is CCOc1ccc(CCC(=O)Nc2cc(C(=O)OC)cc(C(=O)OC)c2)cc1OCC. The number of anilines is 1. The number of hydrogen-bond donors (Lipinski definition) is 1. The van der Waals surface area contributed by atoms with E-state index in [4.69, 9.17) is 18.9 Å². The smallest absolute Gasteiger partial charge is 0.337 e. The molecule has 2 aromatic carbocycles. The Morgan fingerprint density at radius 2 is 1.39 bits per heavy atom. The van der Waals surface area contributed by atoms with Crippen LogP contribution in [0.5, 0.6) is 11.5 Å². The summed E-state index contributed by atoms with van der Waals surface area (Å²) in [4.78, 5) is 36.2. The highest BCUT2D eigenvalue weighted by atomic mass is 16.5. The molecule has 0 bridgehead atoms. The molecule has 0 saturated heterocycles. The van der Waals surface area contributed by atoms with Gasteiger partial charge in [0.15, 0.2) is 11.5 Å². The van der Waals surface area contributed by atoms with Crippen molar-refractivity contribution in [3.8, 4) is 11.5 Å². The standard InChI is InChI=1S/C23H27NO7/c1-5-30-19-9-7-15(11-20(19)31-6-2)8-10-21(25)24-18-13-16(22(26)28-3)12-17(14-18)23(27)29-4/h7,9,11-14H,5-6,8,10H2,1-4H3,(H,24,25). The summed E-state index contributed by atoms with van der Waals surface area (Å²) in [5, 5.41) is 2.71. The van der Waals surface area contributed by atoms with Crippen LogP contribution in [0.1, 0.15) is 46.5 Å². The second-order valence-electron chi connectivity index (χ2n) is 6.48. The molecule has 0 aromatic heterocycles. The largest absolute Gasteiger partial charge is 0.490 e. The van der Waals surface area contributed by atoms with Gasteiger partial charge in [-0.15, -0.1) is 0 Å². The molecule has 2 rings (SSSR count). The number of nitrogens with one attached hydrogen (secondary N) is 1. The first-order valence-corrected chi connectivity index (χ1v) is 9.91. The van der Waals surface area contributed by atoms with Crippen LogP contribution in [0, 0.1) is 0 Å². The molecule has 0 heterocycles. The van der Waals surface area contributed by atoms with E-state index in [-0.39, 0.29) is 23.5 Å². The summed E-state index contributed by atoms with van der Waals surface area (Å²) in [5.74, 6) is -0.230. The molecule has 31 heavy (non-hydrogen) atoms. The third-order valence-electron chi connectivity index (χ3n) is 4.31. The fourth-order valence-electron chi connectivity index (χ4n) is 2.90. The summed E-state index contributed by atoms with van der Waals surface area (Å²) in [6.07, 6.45) is 0.661. The second-order valence-corrected chi connectivity index (χ2v) is 6.48. The van der Waals surface area contributed by atoms with Crippen molar-refractivity contribution < 1.29 is 33.3 Å². The quantitative estimate of drug-likeness (QED) is 0.576. The number of rotatable bonds is 10. The molecule has 0 aliphatic heterocycles. The van der Waals surface area contributed by atoms with Gasteiger partial charge in [-0.2, -0.15) is 0 Å². The third kappa shape index (κ3) is 6.74. The fourth-order valence-corrected chi connectivity index (χ4v) is 2.90. The predicted molar refractivity (Wildman–Crippen MR) is 115 cm³/mol. The monoisotopic (exact) mass is 429 g/mol. The normalized spacial score (nSPS) is 10.2. The van der Waals surface area contributed by atoms with Crippen LogP contribution in [-0.4, -0.2) is 45.3 Å². The first kappa shape index (κ1) is 23.7. The number of methoxy groups -OCH3 is 2. The molecule has 8 nitrogen and oxygen atoms in total. The Balaban J connectivity index is 2.11. The number of carbonyl (C=O) groups excluding carboxylic acids is 3. The Morgan fingerprint density at radius 1 is 0.806 bits per heavy atom. The van der Waals surface area contributed by atoms with Crippen LogP contribution in [0.3, 0.4) is 0 Å². The van der Waals surface area contributed by atoms with E-state index in [0.29, 0.717) is 36.8 Å². The third-order valence-corrected chi connectivity index (χ3v) is 4.31. The molecule has 0 radical (unpaired) electrons. The molecule has 0 unspecified atom stereocenters. The molecule has 0 aliphatic carbocycles. The lowest BCUT2D eigenvalue weighted by atomic mass is 10.1. The van der Waals surface area contributed by atoms with Gasteiger partial charge in [-0.3, -0.25) is 4.79 Å². The van der Waals surface area contributed by atoms with Crippen molar-refractivity contribution in [3.05, 3.63) is 53.1 Å². The Morgan fingerprint density at radius 3 is 1.94 bits per heavy atom.